The van der Waals surface area contributed by atoms with E-state index in [4.69, 9.17) is 4.42 Å². The van der Waals surface area contributed by atoms with Gasteiger partial charge in [0, 0.05) is 47.9 Å². The Morgan fingerprint density at radius 1 is 0.364 bits per heavy atom. The van der Waals surface area contributed by atoms with Gasteiger partial charge in [0.25, 0.3) is 0 Å². The summed E-state index contributed by atoms with van der Waals surface area (Å²) in [5.41, 5.74) is 12.3. The molecule has 3 heteroatoms. The van der Waals surface area contributed by atoms with Crippen molar-refractivity contribution in [3.05, 3.63) is 200 Å². The second-order valence-corrected chi connectivity index (χ2v) is 15.1. The van der Waals surface area contributed by atoms with E-state index in [0.717, 1.165) is 39.0 Å². The first kappa shape index (κ1) is 31.6. The largest absolute Gasteiger partial charge is 0.456 e. The number of furan rings is 1. The van der Waals surface area contributed by atoms with Gasteiger partial charge in [0.1, 0.15) is 11.2 Å². The van der Waals surface area contributed by atoms with E-state index in [9.17, 15) is 0 Å². The number of hydrogen-bond acceptors (Lipinski definition) is 3. The number of benzene rings is 9. The van der Waals surface area contributed by atoms with E-state index < -0.39 is 0 Å². The summed E-state index contributed by atoms with van der Waals surface area (Å²) in [6.07, 6.45) is 0. The maximum Gasteiger partial charge on any atom is 0.135 e. The molecule has 2 nitrogen and oxygen atoms in total. The van der Waals surface area contributed by atoms with Gasteiger partial charge in [-0.3, -0.25) is 0 Å². The van der Waals surface area contributed by atoms with Crippen LogP contribution in [0.5, 0.6) is 0 Å². The molecule has 0 bridgehead atoms. The molecule has 0 fully saturated rings. The van der Waals surface area contributed by atoms with Crippen LogP contribution >= 0.6 is 11.3 Å². The molecule has 0 atom stereocenters. The standard InChI is InChI=1S/C52H33NOS/c1-2-16-40-35(12-1)13-10-20-41(40)37-15-9-14-36(32-37)34-26-28-38(29-27-34)53(39-30-31-49-46(33-39)43-18-4-7-23-48(43)54-49)47-22-6-3-17-42(47)44-21-11-25-51-52(44)45-19-5-8-24-50(45)55-51/h1-33H. The van der Waals surface area contributed by atoms with Crippen molar-refractivity contribution in [2.75, 3.05) is 4.90 Å². The SMILES string of the molecule is c1cc(-c2ccc(N(c3ccc4oc5ccccc5c4c3)c3ccccc3-c3cccc4sc5ccccc5c34)cc2)cc(-c2cccc3ccccc23)c1. The maximum atomic E-state index is 6.28. The first-order valence-corrected chi connectivity index (χ1v) is 19.5. The highest BCUT2D eigenvalue weighted by atomic mass is 32.1. The maximum absolute atomic E-state index is 6.28. The molecule has 0 unspecified atom stereocenters. The Hall–Kier alpha value is -6.94. The molecule has 11 aromatic rings. The topological polar surface area (TPSA) is 16.4 Å². The quantitative estimate of drug-likeness (QED) is 0.170. The Labute approximate surface area is 322 Å². The zero-order valence-corrected chi connectivity index (χ0v) is 30.6. The number of hydrogen-bond donors (Lipinski definition) is 0. The molecule has 0 N–H and O–H groups in total. The molecule has 258 valence electrons. The summed E-state index contributed by atoms with van der Waals surface area (Å²) in [6, 6.07) is 72.3. The lowest BCUT2D eigenvalue weighted by atomic mass is 9.95. The molecule has 0 aliphatic rings. The van der Waals surface area contributed by atoms with E-state index in [-0.39, 0.29) is 0 Å². The van der Waals surface area contributed by atoms with Gasteiger partial charge >= 0.3 is 0 Å². The Balaban J connectivity index is 1.08. The van der Waals surface area contributed by atoms with Crippen LogP contribution in [0.2, 0.25) is 0 Å². The second-order valence-electron chi connectivity index (χ2n) is 14.1. The first-order valence-electron chi connectivity index (χ1n) is 18.7. The molecule has 0 radical (unpaired) electrons. The predicted molar refractivity (Wildman–Crippen MR) is 235 cm³/mol. The minimum absolute atomic E-state index is 0.883. The number of para-hydroxylation sites is 2. The van der Waals surface area contributed by atoms with E-state index in [2.05, 4.69) is 193 Å². The van der Waals surface area contributed by atoms with Crippen molar-refractivity contribution in [3.63, 3.8) is 0 Å². The Kier molecular flexibility index (Phi) is 7.39. The van der Waals surface area contributed by atoms with Crippen LogP contribution in [0.4, 0.5) is 17.1 Å². The van der Waals surface area contributed by atoms with Gasteiger partial charge in [-0.1, -0.05) is 140 Å². The molecule has 0 amide bonds. The van der Waals surface area contributed by atoms with Crippen molar-refractivity contribution in [3.8, 4) is 33.4 Å². The third kappa shape index (κ3) is 5.32. The second kappa shape index (κ2) is 12.9. The van der Waals surface area contributed by atoms with Gasteiger partial charge < -0.3 is 9.32 Å². The molecule has 0 saturated heterocycles. The first-order chi connectivity index (χ1) is 27.3. The minimum atomic E-state index is 0.883. The summed E-state index contributed by atoms with van der Waals surface area (Å²) >= 11 is 1.86. The fourth-order valence-electron chi connectivity index (χ4n) is 8.32. The molecule has 11 rings (SSSR count). The van der Waals surface area contributed by atoms with Crippen molar-refractivity contribution in [1.29, 1.82) is 0 Å². The van der Waals surface area contributed by atoms with E-state index in [1.165, 1.54) is 64.3 Å². The summed E-state index contributed by atoms with van der Waals surface area (Å²) in [4.78, 5) is 2.40. The molecule has 2 heterocycles. The highest BCUT2D eigenvalue weighted by Crippen LogP contribution is 2.47. The summed E-state index contributed by atoms with van der Waals surface area (Å²) in [5, 5.41) is 7.32. The van der Waals surface area contributed by atoms with E-state index in [1.54, 1.807) is 0 Å². The van der Waals surface area contributed by atoms with Gasteiger partial charge in [-0.05, 0) is 99.3 Å². The van der Waals surface area contributed by atoms with Crippen molar-refractivity contribution < 1.29 is 4.42 Å². The van der Waals surface area contributed by atoms with E-state index in [0.29, 0.717) is 0 Å². The summed E-state index contributed by atoms with van der Waals surface area (Å²) in [5.74, 6) is 0. The van der Waals surface area contributed by atoms with Crippen molar-refractivity contribution in [1.82, 2.24) is 0 Å². The molecule has 55 heavy (non-hydrogen) atoms. The normalized spacial score (nSPS) is 11.6. The van der Waals surface area contributed by atoms with Crippen molar-refractivity contribution in [2.45, 2.75) is 0 Å². The number of rotatable bonds is 6. The van der Waals surface area contributed by atoms with Gasteiger partial charge in [-0.25, -0.2) is 0 Å². The van der Waals surface area contributed by atoms with Crippen molar-refractivity contribution in [2.24, 2.45) is 0 Å². The molecule has 0 aliphatic heterocycles. The average molecular weight is 720 g/mol. The van der Waals surface area contributed by atoms with Crippen molar-refractivity contribution >= 4 is 81.3 Å². The Bertz CT molecular complexity index is 3220. The van der Waals surface area contributed by atoms with E-state index in [1.807, 2.05) is 23.5 Å². The molecular formula is C52H33NOS. The highest BCUT2D eigenvalue weighted by Gasteiger charge is 2.21. The predicted octanol–water partition coefficient (Wildman–Crippen LogP) is 15.6. The zero-order chi connectivity index (χ0) is 36.3. The van der Waals surface area contributed by atoms with Gasteiger partial charge in [0.05, 0.1) is 5.69 Å². The third-order valence-electron chi connectivity index (χ3n) is 10.9. The minimum Gasteiger partial charge on any atom is -0.456 e. The Morgan fingerprint density at radius 2 is 1.00 bits per heavy atom. The van der Waals surface area contributed by atoms with Crippen LogP contribution in [0.25, 0.3) is 86.3 Å². The van der Waals surface area contributed by atoms with Crippen LogP contribution in [0.3, 0.4) is 0 Å². The molecule has 9 aromatic carbocycles. The number of fused-ring (bicyclic) bond motifs is 7. The van der Waals surface area contributed by atoms with Gasteiger partial charge in [-0.2, -0.15) is 0 Å². The molecule has 0 aliphatic carbocycles. The Morgan fingerprint density at radius 3 is 1.93 bits per heavy atom. The molecular weight excluding hydrogens is 687 g/mol. The van der Waals surface area contributed by atoms with Crippen LogP contribution in [0, 0.1) is 0 Å². The average Bonchev–Trinajstić information content (AvgIpc) is 3.82. The number of thiophene rings is 1. The number of anilines is 3. The highest BCUT2D eigenvalue weighted by molar-refractivity contribution is 7.25. The van der Waals surface area contributed by atoms with Crippen LogP contribution < -0.4 is 4.90 Å². The van der Waals surface area contributed by atoms with Gasteiger partial charge in [0.15, 0.2) is 0 Å². The molecule has 2 aromatic heterocycles. The lowest BCUT2D eigenvalue weighted by molar-refractivity contribution is 0.669. The lowest BCUT2D eigenvalue weighted by Crippen LogP contribution is -2.11. The third-order valence-corrected chi connectivity index (χ3v) is 12.0. The summed E-state index contributed by atoms with van der Waals surface area (Å²) in [7, 11) is 0. The molecule has 0 saturated carbocycles. The lowest BCUT2D eigenvalue weighted by Gasteiger charge is -2.28. The van der Waals surface area contributed by atoms with Crippen LogP contribution in [-0.2, 0) is 0 Å². The van der Waals surface area contributed by atoms with E-state index >= 15 is 0 Å². The van der Waals surface area contributed by atoms with Crippen LogP contribution in [0.1, 0.15) is 0 Å². The summed E-state index contributed by atoms with van der Waals surface area (Å²) < 4.78 is 8.88. The van der Waals surface area contributed by atoms with Crippen LogP contribution in [0.15, 0.2) is 205 Å². The van der Waals surface area contributed by atoms with Crippen LogP contribution in [-0.4, -0.2) is 0 Å². The smallest absolute Gasteiger partial charge is 0.135 e. The van der Waals surface area contributed by atoms with Gasteiger partial charge in [-0.15, -0.1) is 11.3 Å². The number of nitrogens with zero attached hydrogens (tertiary/aromatic N) is 1. The van der Waals surface area contributed by atoms with Gasteiger partial charge in [0.2, 0.25) is 0 Å². The zero-order valence-electron chi connectivity index (χ0n) is 29.8. The monoisotopic (exact) mass is 719 g/mol. The fourth-order valence-corrected chi connectivity index (χ4v) is 9.45. The fraction of sp³-hybridized carbons (Fsp3) is 0. The summed E-state index contributed by atoms with van der Waals surface area (Å²) in [6.45, 7) is 0. The molecule has 0 spiro atoms.